The lowest BCUT2D eigenvalue weighted by molar-refractivity contribution is 0.0603. The normalized spacial score (nSPS) is 43.9. The summed E-state index contributed by atoms with van der Waals surface area (Å²) in [7, 11) is 0. The first-order valence-corrected chi connectivity index (χ1v) is 4.65. The van der Waals surface area contributed by atoms with Crippen LogP contribution in [-0.4, -0.2) is 24.8 Å². The van der Waals surface area contributed by atoms with E-state index in [0.717, 1.165) is 6.61 Å². The predicted octanol–water partition coefficient (Wildman–Crippen LogP) is 1.31. The Bertz CT molecular complexity index is 136. The third kappa shape index (κ3) is 1.57. The smallest absolute Gasteiger partial charge is 0.0593 e. The maximum atomic E-state index is 5.58. The molecule has 2 heteroatoms. The Kier molecular flexibility index (Phi) is 1.90. The molecule has 2 saturated heterocycles. The van der Waals surface area contributed by atoms with Crippen LogP contribution in [0.1, 0.15) is 32.6 Å². The van der Waals surface area contributed by atoms with Gasteiger partial charge in [-0.15, -0.1) is 0 Å². The lowest BCUT2D eigenvalue weighted by atomic mass is 9.84. The van der Waals surface area contributed by atoms with Crippen molar-refractivity contribution < 1.29 is 4.74 Å². The molecule has 2 heterocycles. The fourth-order valence-corrected chi connectivity index (χ4v) is 2.03. The number of rotatable bonds is 2. The first kappa shape index (κ1) is 7.56. The van der Waals surface area contributed by atoms with Crippen LogP contribution in [0.2, 0.25) is 0 Å². The topological polar surface area (TPSA) is 21.3 Å². The predicted molar refractivity (Wildman–Crippen MR) is 44.6 cm³/mol. The lowest BCUT2D eigenvalue weighted by Gasteiger charge is -2.41. The van der Waals surface area contributed by atoms with Gasteiger partial charge in [0.2, 0.25) is 0 Å². The minimum Gasteiger partial charge on any atom is -0.378 e. The molecule has 0 aromatic heterocycles. The molecule has 11 heavy (non-hydrogen) atoms. The number of ether oxygens (including phenoxy) is 1. The molecule has 2 rings (SSSR count). The molecular weight excluding hydrogens is 138 g/mol. The molecule has 2 aliphatic rings. The summed E-state index contributed by atoms with van der Waals surface area (Å²) in [5, 5.41) is 3.47. The minimum atomic E-state index is 0.412. The van der Waals surface area contributed by atoms with Gasteiger partial charge >= 0.3 is 0 Å². The lowest BCUT2D eigenvalue weighted by Crippen LogP contribution is -2.56. The SMILES string of the molecule is CC1(CC2CCCO2)CCN1. The highest BCUT2D eigenvalue weighted by atomic mass is 16.5. The monoisotopic (exact) mass is 155 g/mol. The van der Waals surface area contributed by atoms with Gasteiger partial charge in [0, 0.05) is 12.1 Å². The second kappa shape index (κ2) is 2.76. The number of hydrogen-bond acceptors (Lipinski definition) is 2. The van der Waals surface area contributed by atoms with Gasteiger partial charge in [0.25, 0.3) is 0 Å². The van der Waals surface area contributed by atoms with Crippen LogP contribution < -0.4 is 5.32 Å². The van der Waals surface area contributed by atoms with E-state index in [1.165, 1.54) is 32.2 Å². The highest BCUT2D eigenvalue weighted by Gasteiger charge is 2.34. The van der Waals surface area contributed by atoms with Crippen molar-refractivity contribution in [1.82, 2.24) is 5.32 Å². The third-order valence-corrected chi connectivity index (χ3v) is 2.93. The van der Waals surface area contributed by atoms with Crippen molar-refractivity contribution in [2.75, 3.05) is 13.2 Å². The van der Waals surface area contributed by atoms with E-state index in [-0.39, 0.29) is 0 Å². The van der Waals surface area contributed by atoms with E-state index in [4.69, 9.17) is 4.74 Å². The Morgan fingerprint density at radius 2 is 2.45 bits per heavy atom. The molecule has 0 radical (unpaired) electrons. The van der Waals surface area contributed by atoms with Crippen molar-refractivity contribution in [2.24, 2.45) is 0 Å². The molecule has 0 bridgehead atoms. The van der Waals surface area contributed by atoms with E-state index in [1.807, 2.05) is 0 Å². The Morgan fingerprint density at radius 3 is 2.91 bits per heavy atom. The summed E-state index contributed by atoms with van der Waals surface area (Å²) in [5.41, 5.74) is 0.412. The fourth-order valence-electron chi connectivity index (χ4n) is 2.03. The summed E-state index contributed by atoms with van der Waals surface area (Å²) in [6.45, 7) is 4.49. The molecule has 0 aliphatic carbocycles. The van der Waals surface area contributed by atoms with Crippen molar-refractivity contribution in [1.29, 1.82) is 0 Å². The van der Waals surface area contributed by atoms with Crippen molar-refractivity contribution >= 4 is 0 Å². The first-order valence-electron chi connectivity index (χ1n) is 4.65. The molecule has 2 aliphatic heterocycles. The maximum absolute atomic E-state index is 5.58. The standard InChI is InChI=1S/C9H17NO/c1-9(4-5-10-9)7-8-3-2-6-11-8/h8,10H,2-7H2,1H3. The zero-order chi connectivity index (χ0) is 7.73. The van der Waals surface area contributed by atoms with Gasteiger partial charge in [-0.1, -0.05) is 0 Å². The van der Waals surface area contributed by atoms with Gasteiger partial charge in [-0.2, -0.15) is 0 Å². The van der Waals surface area contributed by atoms with E-state index in [0.29, 0.717) is 11.6 Å². The van der Waals surface area contributed by atoms with E-state index in [1.54, 1.807) is 0 Å². The van der Waals surface area contributed by atoms with Gasteiger partial charge in [0.05, 0.1) is 6.10 Å². The summed E-state index contributed by atoms with van der Waals surface area (Å²) in [6, 6.07) is 0. The second-order valence-corrected chi connectivity index (χ2v) is 4.08. The average molecular weight is 155 g/mol. The van der Waals surface area contributed by atoms with Gasteiger partial charge in [0.15, 0.2) is 0 Å². The second-order valence-electron chi connectivity index (χ2n) is 4.08. The average Bonchev–Trinajstić information content (AvgIpc) is 2.36. The van der Waals surface area contributed by atoms with Crippen molar-refractivity contribution in [3.05, 3.63) is 0 Å². The molecule has 2 nitrogen and oxygen atoms in total. The molecule has 1 N–H and O–H groups in total. The van der Waals surface area contributed by atoms with E-state index in [9.17, 15) is 0 Å². The van der Waals surface area contributed by atoms with Crippen LogP contribution in [0.15, 0.2) is 0 Å². The van der Waals surface area contributed by atoms with Crippen molar-refractivity contribution in [2.45, 2.75) is 44.2 Å². The largest absolute Gasteiger partial charge is 0.378 e. The third-order valence-electron chi connectivity index (χ3n) is 2.93. The quantitative estimate of drug-likeness (QED) is 0.649. The summed E-state index contributed by atoms with van der Waals surface area (Å²) < 4.78 is 5.58. The van der Waals surface area contributed by atoms with E-state index in [2.05, 4.69) is 12.2 Å². The summed E-state index contributed by atoms with van der Waals surface area (Å²) in [5.74, 6) is 0. The number of nitrogens with one attached hydrogen (secondary N) is 1. The highest BCUT2D eigenvalue weighted by molar-refractivity contribution is 4.94. The van der Waals surface area contributed by atoms with E-state index < -0.39 is 0 Å². The maximum Gasteiger partial charge on any atom is 0.0593 e. The molecule has 64 valence electrons. The number of hydrogen-bond donors (Lipinski definition) is 1. The Hall–Kier alpha value is -0.0800. The van der Waals surface area contributed by atoms with Crippen LogP contribution >= 0.6 is 0 Å². The summed E-state index contributed by atoms with van der Waals surface area (Å²) in [6.07, 6.45) is 5.63. The van der Waals surface area contributed by atoms with Crippen LogP contribution in [0.4, 0.5) is 0 Å². The minimum absolute atomic E-state index is 0.412. The molecule has 2 atom stereocenters. The molecule has 0 spiro atoms. The van der Waals surface area contributed by atoms with Gasteiger partial charge < -0.3 is 10.1 Å². The van der Waals surface area contributed by atoms with Crippen LogP contribution in [-0.2, 0) is 4.74 Å². The zero-order valence-corrected chi connectivity index (χ0v) is 7.23. The molecule has 0 saturated carbocycles. The molecular formula is C9H17NO. The molecule has 2 fully saturated rings. The highest BCUT2D eigenvalue weighted by Crippen LogP contribution is 2.28. The van der Waals surface area contributed by atoms with Crippen LogP contribution in [0.3, 0.4) is 0 Å². The van der Waals surface area contributed by atoms with E-state index >= 15 is 0 Å². The van der Waals surface area contributed by atoms with Gasteiger partial charge in [-0.05, 0) is 39.2 Å². The van der Waals surface area contributed by atoms with Gasteiger partial charge in [0.1, 0.15) is 0 Å². The van der Waals surface area contributed by atoms with Crippen LogP contribution in [0.25, 0.3) is 0 Å². The summed E-state index contributed by atoms with van der Waals surface area (Å²) >= 11 is 0. The molecule has 2 unspecified atom stereocenters. The summed E-state index contributed by atoms with van der Waals surface area (Å²) in [4.78, 5) is 0. The Balaban J connectivity index is 1.79. The van der Waals surface area contributed by atoms with Gasteiger partial charge in [-0.3, -0.25) is 0 Å². The Morgan fingerprint density at radius 1 is 1.64 bits per heavy atom. The van der Waals surface area contributed by atoms with Crippen LogP contribution in [0, 0.1) is 0 Å². The molecule has 0 aromatic carbocycles. The zero-order valence-electron chi connectivity index (χ0n) is 7.23. The fraction of sp³-hybridized carbons (Fsp3) is 1.00. The first-order chi connectivity index (χ1) is 5.29. The van der Waals surface area contributed by atoms with Crippen molar-refractivity contribution in [3.8, 4) is 0 Å². The molecule has 0 amide bonds. The van der Waals surface area contributed by atoms with Gasteiger partial charge in [-0.25, -0.2) is 0 Å². The van der Waals surface area contributed by atoms with Crippen LogP contribution in [0.5, 0.6) is 0 Å². The molecule has 0 aromatic rings. The Labute approximate surface area is 68.3 Å². The van der Waals surface area contributed by atoms with Crippen molar-refractivity contribution in [3.63, 3.8) is 0 Å².